The number of rotatable bonds is 3. The summed E-state index contributed by atoms with van der Waals surface area (Å²) in [6.07, 6.45) is 0. The second-order valence-corrected chi connectivity index (χ2v) is 4.93. The van der Waals surface area contributed by atoms with E-state index in [4.69, 9.17) is 27.9 Å². The first-order chi connectivity index (χ1) is 8.60. The Hall–Kier alpha value is -0.840. The molecule has 0 fully saturated rings. The maximum Gasteiger partial charge on any atom is 0.219 e. The van der Waals surface area contributed by atoms with Crippen LogP contribution in [0.1, 0.15) is 5.69 Å². The minimum absolute atomic E-state index is 0.0247. The third-order valence-corrected chi connectivity index (χ3v) is 3.29. The summed E-state index contributed by atoms with van der Waals surface area (Å²) in [5.74, 6) is 0.378. The van der Waals surface area contributed by atoms with Crippen LogP contribution in [0.5, 0.6) is 11.6 Å². The first kappa shape index (κ1) is 13.6. The monoisotopic (exact) mass is 349 g/mol. The van der Waals surface area contributed by atoms with Crippen LogP contribution in [0.15, 0.2) is 34.8 Å². The van der Waals surface area contributed by atoms with Crippen LogP contribution in [-0.2, 0) is 5.88 Å². The Balaban J connectivity index is 2.30. The normalized spacial score (nSPS) is 10.4. The molecule has 1 heterocycles. The summed E-state index contributed by atoms with van der Waals surface area (Å²) in [5.41, 5.74) is 0.680. The maximum atomic E-state index is 13.3. The van der Waals surface area contributed by atoms with Crippen LogP contribution in [0.3, 0.4) is 0 Å². The first-order valence-corrected chi connectivity index (χ1v) is 6.65. The number of benzene rings is 1. The van der Waals surface area contributed by atoms with Crippen LogP contribution in [0, 0.1) is 5.82 Å². The van der Waals surface area contributed by atoms with E-state index in [2.05, 4.69) is 20.9 Å². The molecule has 18 heavy (non-hydrogen) atoms. The molecule has 0 radical (unpaired) electrons. The molecule has 0 aliphatic heterocycles. The number of pyridine rings is 1. The average molecular weight is 351 g/mol. The van der Waals surface area contributed by atoms with Gasteiger partial charge in [0.15, 0.2) is 0 Å². The summed E-state index contributed by atoms with van der Waals surface area (Å²) in [5, 5.41) is 0.0247. The van der Waals surface area contributed by atoms with Gasteiger partial charge < -0.3 is 4.74 Å². The van der Waals surface area contributed by atoms with Crippen molar-refractivity contribution in [2.24, 2.45) is 0 Å². The average Bonchev–Trinajstić information content (AvgIpc) is 2.36. The highest BCUT2D eigenvalue weighted by Crippen LogP contribution is 2.33. The van der Waals surface area contributed by atoms with E-state index in [0.717, 1.165) is 0 Å². The van der Waals surface area contributed by atoms with Crippen LogP contribution in [0.2, 0.25) is 5.02 Å². The lowest BCUT2D eigenvalue weighted by Crippen LogP contribution is -1.92. The molecule has 0 aliphatic rings. The van der Waals surface area contributed by atoms with E-state index in [9.17, 15) is 4.39 Å². The predicted octanol–water partition coefficient (Wildman–Crippen LogP) is 5.17. The zero-order valence-electron chi connectivity index (χ0n) is 8.96. The molecule has 1 aromatic heterocycles. The molecule has 0 N–H and O–H groups in total. The molecular weight excluding hydrogens is 344 g/mol. The standard InChI is InChI=1S/C12H7BrCl2FNO/c13-8-4-9(15)10(16)5-11(8)18-12-3-1-2-7(6-14)17-12/h1-5H,6H2. The van der Waals surface area contributed by atoms with E-state index in [-0.39, 0.29) is 10.9 Å². The van der Waals surface area contributed by atoms with Gasteiger partial charge in [-0.2, -0.15) is 0 Å². The Morgan fingerprint density at radius 3 is 2.83 bits per heavy atom. The fourth-order valence-corrected chi connectivity index (χ4v) is 2.15. The number of ether oxygens (including phenoxy) is 1. The third kappa shape index (κ3) is 3.13. The highest BCUT2D eigenvalue weighted by Gasteiger charge is 2.09. The highest BCUT2D eigenvalue weighted by atomic mass is 79.9. The molecule has 2 rings (SSSR count). The van der Waals surface area contributed by atoms with Gasteiger partial charge in [-0.1, -0.05) is 17.7 Å². The minimum atomic E-state index is -0.552. The van der Waals surface area contributed by atoms with E-state index in [1.807, 2.05) is 0 Å². The number of hydrogen-bond acceptors (Lipinski definition) is 2. The van der Waals surface area contributed by atoms with Gasteiger partial charge in [0, 0.05) is 12.1 Å². The van der Waals surface area contributed by atoms with Crippen molar-refractivity contribution in [3.05, 3.63) is 51.3 Å². The number of alkyl halides is 1. The molecule has 2 aromatic rings. The van der Waals surface area contributed by atoms with Crippen LogP contribution in [-0.4, -0.2) is 4.98 Å². The van der Waals surface area contributed by atoms with Crippen LogP contribution in [0.4, 0.5) is 4.39 Å². The topological polar surface area (TPSA) is 22.1 Å². The summed E-state index contributed by atoms with van der Waals surface area (Å²) < 4.78 is 19.4. The Kier molecular flexibility index (Phi) is 4.43. The first-order valence-electron chi connectivity index (χ1n) is 4.94. The van der Waals surface area contributed by atoms with Gasteiger partial charge >= 0.3 is 0 Å². The Bertz CT molecular complexity index is 580. The molecule has 0 unspecified atom stereocenters. The zero-order valence-corrected chi connectivity index (χ0v) is 12.1. The number of halogens is 4. The highest BCUT2D eigenvalue weighted by molar-refractivity contribution is 9.10. The van der Waals surface area contributed by atoms with Gasteiger partial charge in [-0.05, 0) is 28.1 Å². The molecule has 0 spiro atoms. The molecule has 1 aromatic carbocycles. The maximum absolute atomic E-state index is 13.3. The van der Waals surface area contributed by atoms with Crippen molar-refractivity contribution in [2.75, 3.05) is 0 Å². The second-order valence-electron chi connectivity index (χ2n) is 3.40. The minimum Gasteiger partial charge on any atom is -0.438 e. The van der Waals surface area contributed by atoms with E-state index in [1.54, 1.807) is 18.2 Å². The van der Waals surface area contributed by atoms with Crippen molar-refractivity contribution in [1.29, 1.82) is 0 Å². The van der Waals surface area contributed by atoms with Gasteiger partial charge in [0.05, 0.1) is 21.1 Å². The van der Waals surface area contributed by atoms with Gasteiger partial charge in [0.1, 0.15) is 11.6 Å². The molecule has 0 saturated heterocycles. The molecule has 2 nitrogen and oxygen atoms in total. The third-order valence-electron chi connectivity index (χ3n) is 2.11. The van der Waals surface area contributed by atoms with Crippen molar-refractivity contribution < 1.29 is 9.13 Å². The van der Waals surface area contributed by atoms with Crippen molar-refractivity contribution in [3.8, 4) is 11.6 Å². The van der Waals surface area contributed by atoms with Crippen molar-refractivity contribution in [1.82, 2.24) is 4.98 Å². The van der Waals surface area contributed by atoms with Crippen LogP contribution < -0.4 is 4.74 Å². The number of hydrogen-bond donors (Lipinski definition) is 0. The quantitative estimate of drug-likeness (QED) is 0.563. The van der Waals surface area contributed by atoms with Gasteiger partial charge in [-0.25, -0.2) is 9.37 Å². The predicted molar refractivity (Wildman–Crippen MR) is 73.0 cm³/mol. The smallest absolute Gasteiger partial charge is 0.219 e. The molecule has 0 aliphatic carbocycles. The fraction of sp³-hybridized carbons (Fsp3) is 0.0833. The molecule has 0 atom stereocenters. The Morgan fingerprint density at radius 1 is 1.33 bits per heavy atom. The molecule has 94 valence electrons. The van der Waals surface area contributed by atoms with Crippen molar-refractivity contribution in [2.45, 2.75) is 5.88 Å². The van der Waals surface area contributed by atoms with E-state index in [1.165, 1.54) is 12.1 Å². The number of nitrogens with zero attached hydrogens (tertiary/aromatic N) is 1. The van der Waals surface area contributed by atoms with Gasteiger partial charge in [0.2, 0.25) is 5.88 Å². The lowest BCUT2D eigenvalue weighted by Gasteiger charge is -2.08. The fourth-order valence-electron chi connectivity index (χ4n) is 1.28. The zero-order chi connectivity index (χ0) is 13.1. The van der Waals surface area contributed by atoms with Crippen molar-refractivity contribution >= 4 is 39.1 Å². The van der Waals surface area contributed by atoms with Crippen molar-refractivity contribution in [3.63, 3.8) is 0 Å². The van der Waals surface area contributed by atoms with Gasteiger partial charge in [-0.3, -0.25) is 0 Å². The van der Waals surface area contributed by atoms with Crippen LogP contribution >= 0.6 is 39.1 Å². The number of aromatic nitrogens is 1. The molecule has 0 amide bonds. The molecular formula is C12H7BrCl2FNO. The SMILES string of the molecule is Fc1cc(Oc2cccc(CCl)n2)c(Br)cc1Cl. The molecule has 0 saturated carbocycles. The van der Waals surface area contributed by atoms with Gasteiger partial charge in [0.25, 0.3) is 0 Å². The molecule has 0 bridgehead atoms. The van der Waals surface area contributed by atoms with Gasteiger partial charge in [-0.15, -0.1) is 11.6 Å². The van der Waals surface area contributed by atoms with Crippen LogP contribution in [0.25, 0.3) is 0 Å². The van der Waals surface area contributed by atoms with E-state index in [0.29, 0.717) is 21.8 Å². The Labute approximate surface area is 122 Å². The summed E-state index contributed by atoms with van der Waals surface area (Å²) in [6, 6.07) is 7.83. The van der Waals surface area contributed by atoms with E-state index < -0.39 is 5.82 Å². The summed E-state index contributed by atoms with van der Waals surface area (Å²) >= 11 is 14.6. The summed E-state index contributed by atoms with van der Waals surface area (Å²) in [6.45, 7) is 0. The lowest BCUT2D eigenvalue weighted by molar-refractivity contribution is 0.454. The lowest BCUT2D eigenvalue weighted by atomic mass is 10.3. The summed E-state index contributed by atoms with van der Waals surface area (Å²) in [7, 11) is 0. The molecule has 6 heteroatoms. The largest absolute Gasteiger partial charge is 0.438 e. The van der Waals surface area contributed by atoms with E-state index >= 15 is 0 Å². The summed E-state index contributed by atoms with van der Waals surface area (Å²) in [4.78, 5) is 4.15. The second kappa shape index (κ2) is 5.87. The Morgan fingerprint density at radius 2 is 2.11 bits per heavy atom.